The fourth-order valence-corrected chi connectivity index (χ4v) is 4.31. The average molecular weight is 592 g/mol. The zero-order valence-corrected chi connectivity index (χ0v) is 21.8. The molecule has 3 aromatic carbocycles. The van der Waals surface area contributed by atoms with Gasteiger partial charge in [0.15, 0.2) is 0 Å². The Labute approximate surface area is 225 Å². The molecule has 0 aromatic heterocycles. The fourth-order valence-electron chi connectivity index (χ4n) is 3.42. The number of halogens is 3. The number of hydrogen-bond acceptors (Lipinski definition) is 4. The fraction of sp³-hybridized carbons (Fsp3) is 0.0833. The third-order valence-electron chi connectivity index (χ3n) is 5.13. The third-order valence-corrected chi connectivity index (χ3v) is 6.55. The normalized spacial score (nSPS) is 15.3. The van der Waals surface area contributed by atoms with E-state index in [-0.39, 0.29) is 11.5 Å². The second-order valence-corrected chi connectivity index (χ2v) is 9.68. The standard InChI is InChI=1S/C24H17BrCl2N4O3S/c25-15-3-9-18(10-4-15)28-21(32)13-20-23(34)30(19-11-7-17(27)8-12-19)24(35)31(20)29-22(33)14-1-5-16(26)6-2-14/h1-12,20H,13H2,(H,28,32)(H,29,33). The molecule has 0 spiro atoms. The first-order chi connectivity index (χ1) is 16.7. The van der Waals surface area contributed by atoms with Crippen LogP contribution in [-0.4, -0.2) is 33.9 Å². The first-order valence-corrected chi connectivity index (χ1v) is 12.2. The van der Waals surface area contributed by atoms with E-state index in [9.17, 15) is 14.4 Å². The Morgan fingerprint density at radius 3 is 2.09 bits per heavy atom. The van der Waals surface area contributed by atoms with E-state index in [0.717, 1.165) is 4.47 Å². The molecule has 1 unspecified atom stereocenters. The van der Waals surface area contributed by atoms with Crippen molar-refractivity contribution < 1.29 is 14.4 Å². The van der Waals surface area contributed by atoms with Gasteiger partial charge in [-0.1, -0.05) is 39.1 Å². The van der Waals surface area contributed by atoms with Gasteiger partial charge in [0, 0.05) is 25.8 Å². The number of rotatable bonds is 6. The molecular formula is C24H17BrCl2N4O3S. The number of amides is 3. The van der Waals surface area contributed by atoms with Gasteiger partial charge in [-0.2, -0.15) is 0 Å². The SMILES string of the molecule is O=C(CC1C(=O)N(c2ccc(Cl)cc2)C(=S)N1NC(=O)c1ccc(Cl)cc1)Nc1ccc(Br)cc1. The molecule has 4 rings (SSSR count). The van der Waals surface area contributed by atoms with Crippen LogP contribution in [0.15, 0.2) is 77.3 Å². The van der Waals surface area contributed by atoms with E-state index in [2.05, 4.69) is 26.7 Å². The van der Waals surface area contributed by atoms with Crippen molar-refractivity contribution in [1.29, 1.82) is 0 Å². The van der Waals surface area contributed by atoms with Crippen molar-refractivity contribution in [3.63, 3.8) is 0 Å². The number of hydrogen-bond donors (Lipinski definition) is 2. The number of nitrogens with zero attached hydrogens (tertiary/aromatic N) is 2. The summed E-state index contributed by atoms with van der Waals surface area (Å²) in [4.78, 5) is 40.4. The molecule has 1 atom stereocenters. The Bertz CT molecular complexity index is 1290. The molecule has 0 radical (unpaired) electrons. The summed E-state index contributed by atoms with van der Waals surface area (Å²) in [5.41, 5.74) is 4.01. The van der Waals surface area contributed by atoms with Gasteiger partial charge in [-0.25, -0.2) is 5.01 Å². The summed E-state index contributed by atoms with van der Waals surface area (Å²) in [5.74, 6) is -1.38. The largest absolute Gasteiger partial charge is 0.326 e. The van der Waals surface area contributed by atoms with Crippen LogP contribution < -0.4 is 15.6 Å². The zero-order valence-electron chi connectivity index (χ0n) is 17.9. The van der Waals surface area contributed by atoms with E-state index in [1.54, 1.807) is 72.8 Å². The quantitative estimate of drug-likeness (QED) is 0.374. The highest BCUT2D eigenvalue weighted by Gasteiger charge is 2.45. The molecule has 2 N–H and O–H groups in total. The van der Waals surface area contributed by atoms with Gasteiger partial charge < -0.3 is 5.32 Å². The summed E-state index contributed by atoms with van der Waals surface area (Å²) in [7, 11) is 0. The Hall–Kier alpha value is -2.98. The van der Waals surface area contributed by atoms with Crippen LogP contribution in [0.5, 0.6) is 0 Å². The van der Waals surface area contributed by atoms with Crippen LogP contribution in [0.4, 0.5) is 11.4 Å². The maximum Gasteiger partial charge on any atom is 0.269 e. The number of anilines is 2. The Morgan fingerprint density at radius 1 is 0.914 bits per heavy atom. The Morgan fingerprint density at radius 2 is 1.49 bits per heavy atom. The summed E-state index contributed by atoms with van der Waals surface area (Å²) in [6.07, 6.45) is -0.250. The van der Waals surface area contributed by atoms with E-state index in [0.29, 0.717) is 27.0 Å². The summed E-state index contributed by atoms with van der Waals surface area (Å²) < 4.78 is 0.863. The van der Waals surface area contributed by atoms with Crippen LogP contribution in [0.25, 0.3) is 0 Å². The summed E-state index contributed by atoms with van der Waals surface area (Å²) >= 11 is 20.8. The Balaban J connectivity index is 1.59. The maximum absolute atomic E-state index is 13.4. The minimum atomic E-state index is -1.06. The molecule has 178 valence electrons. The number of benzene rings is 3. The topological polar surface area (TPSA) is 81.8 Å². The number of carbonyl (C=O) groups excluding carboxylic acids is 3. The predicted octanol–water partition coefficient (Wildman–Crippen LogP) is 5.43. The highest BCUT2D eigenvalue weighted by atomic mass is 79.9. The van der Waals surface area contributed by atoms with Gasteiger partial charge in [0.1, 0.15) is 6.04 Å². The van der Waals surface area contributed by atoms with Gasteiger partial charge in [-0.05, 0) is 85.0 Å². The first kappa shape index (κ1) is 25.1. The molecule has 1 saturated heterocycles. The second-order valence-electron chi connectivity index (χ2n) is 7.53. The molecule has 0 aliphatic carbocycles. The number of carbonyl (C=O) groups is 3. The molecule has 11 heteroatoms. The van der Waals surface area contributed by atoms with Crippen molar-refractivity contribution >= 4 is 85.6 Å². The van der Waals surface area contributed by atoms with Crippen molar-refractivity contribution in [3.8, 4) is 0 Å². The molecule has 1 heterocycles. The lowest BCUT2D eigenvalue weighted by Crippen LogP contribution is -2.49. The number of nitrogens with one attached hydrogen (secondary N) is 2. The van der Waals surface area contributed by atoms with E-state index < -0.39 is 23.8 Å². The lowest BCUT2D eigenvalue weighted by molar-refractivity contribution is -0.124. The van der Waals surface area contributed by atoms with Crippen LogP contribution in [0, 0.1) is 0 Å². The van der Waals surface area contributed by atoms with Crippen molar-refractivity contribution in [2.45, 2.75) is 12.5 Å². The molecule has 3 aromatic rings. The van der Waals surface area contributed by atoms with Gasteiger partial charge in [0.2, 0.25) is 11.0 Å². The Kier molecular flexibility index (Phi) is 7.71. The second kappa shape index (κ2) is 10.7. The van der Waals surface area contributed by atoms with Crippen LogP contribution >= 0.6 is 51.3 Å². The molecule has 7 nitrogen and oxygen atoms in total. The average Bonchev–Trinajstić information content (AvgIpc) is 3.05. The molecule has 1 aliphatic rings. The van der Waals surface area contributed by atoms with Gasteiger partial charge in [0.05, 0.1) is 12.1 Å². The zero-order chi connectivity index (χ0) is 25.1. The lowest BCUT2D eigenvalue weighted by Gasteiger charge is -2.24. The molecule has 3 amide bonds. The van der Waals surface area contributed by atoms with Crippen molar-refractivity contribution in [3.05, 3.63) is 92.9 Å². The van der Waals surface area contributed by atoms with Gasteiger partial charge >= 0.3 is 0 Å². The van der Waals surface area contributed by atoms with E-state index in [1.165, 1.54) is 9.91 Å². The van der Waals surface area contributed by atoms with Gasteiger partial charge in [-0.15, -0.1) is 0 Å². The summed E-state index contributed by atoms with van der Waals surface area (Å²) in [6, 6.07) is 18.7. The highest BCUT2D eigenvalue weighted by Crippen LogP contribution is 2.28. The summed E-state index contributed by atoms with van der Waals surface area (Å²) in [6.45, 7) is 0. The van der Waals surface area contributed by atoms with Crippen molar-refractivity contribution in [2.75, 3.05) is 10.2 Å². The molecule has 35 heavy (non-hydrogen) atoms. The molecular weight excluding hydrogens is 575 g/mol. The van der Waals surface area contributed by atoms with Gasteiger partial charge in [-0.3, -0.25) is 24.7 Å². The minimum Gasteiger partial charge on any atom is -0.326 e. The highest BCUT2D eigenvalue weighted by molar-refractivity contribution is 9.10. The van der Waals surface area contributed by atoms with E-state index in [1.807, 2.05) is 0 Å². The van der Waals surface area contributed by atoms with Gasteiger partial charge in [0.25, 0.3) is 11.8 Å². The lowest BCUT2D eigenvalue weighted by atomic mass is 10.1. The third kappa shape index (κ3) is 5.82. The first-order valence-electron chi connectivity index (χ1n) is 10.3. The van der Waals surface area contributed by atoms with Crippen LogP contribution in [-0.2, 0) is 9.59 Å². The van der Waals surface area contributed by atoms with E-state index in [4.69, 9.17) is 35.4 Å². The minimum absolute atomic E-state index is 0.0288. The van der Waals surface area contributed by atoms with Crippen molar-refractivity contribution in [1.82, 2.24) is 10.4 Å². The monoisotopic (exact) mass is 590 g/mol. The van der Waals surface area contributed by atoms with Crippen molar-refractivity contribution in [2.24, 2.45) is 0 Å². The van der Waals surface area contributed by atoms with E-state index >= 15 is 0 Å². The molecule has 0 bridgehead atoms. The van der Waals surface area contributed by atoms with Crippen LogP contribution in [0.3, 0.4) is 0 Å². The molecule has 1 aliphatic heterocycles. The predicted molar refractivity (Wildman–Crippen MR) is 143 cm³/mol. The molecule has 0 saturated carbocycles. The van der Waals surface area contributed by atoms with Crippen LogP contribution in [0.2, 0.25) is 10.0 Å². The molecule has 1 fully saturated rings. The number of hydrazine groups is 1. The maximum atomic E-state index is 13.4. The number of thiocarbonyl (C=S) groups is 1. The van der Waals surface area contributed by atoms with Crippen LogP contribution in [0.1, 0.15) is 16.8 Å². The smallest absolute Gasteiger partial charge is 0.269 e. The summed E-state index contributed by atoms with van der Waals surface area (Å²) in [5, 5.41) is 5.00.